The first-order chi connectivity index (χ1) is 6.42. The van der Waals surface area contributed by atoms with Gasteiger partial charge in [-0.05, 0) is 38.5 Å². The van der Waals surface area contributed by atoms with E-state index >= 15 is 0 Å². The van der Waals surface area contributed by atoms with Gasteiger partial charge in [0.05, 0.1) is 0 Å². The van der Waals surface area contributed by atoms with Crippen LogP contribution >= 0.6 is 0 Å². The quantitative estimate of drug-likeness (QED) is 0.637. The molecule has 0 saturated heterocycles. The fourth-order valence-corrected chi connectivity index (χ4v) is 2.41. The molecule has 1 saturated carbocycles. The van der Waals surface area contributed by atoms with Crippen molar-refractivity contribution in [3.63, 3.8) is 0 Å². The summed E-state index contributed by atoms with van der Waals surface area (Å²) in [6.45, 7) is 7.87. The molecule has 0 heterocycles. The molecular formula is C12H22O2. The Hall–Kier alpha value is -0.530. The van der Waals surface area contributed by atoms with Gasteiger partial charge in [-0.2, -0.15) is 0 Å². The molecule has 0 aromatic carbocycles. The number of carbonyl (C=O) groups is 1. The SMILES string of the molecule is CC(=O)OC(C)(C)C1CCC(C)CC1. The van der Waals surface area contributed by atoms with Crippen LogP contribution in [0.5, 0.6) is 0 Å². The highest BCUT2D eigenvalue weighted by Gasteiger charge is 2.34. The van der Waals surface area contributed by atoms with Crippen molar-refractivity contribution in [2.45, 2.75) is 59.0 Å². The maximum Gasteiger partial charge on any atom is 0.303 e. The van der Waals surface area contributed by atoms with E-state index in [1.165, 1.54) is 32.6 Å². The van der Waals surface area contributed by atoms with Gasteiger partial charge in [0.1, 0.15) is 5.60 Å². The van der Waals surface area contributed by atoms with E-state index in [9.17, 15) is 4.79 Å². The third kappa shape index (κ3) is 3.00. The molecule has 0 bridgehead atoms. The molecule has 14 heavy (non-hydrogen) atoms. The number of hydrogen-bond acceptors (Lipinski definition) is 2. The summed E-state index contributed by atoms with van der Waals surface area (Å²) in [5.74, 6) is 1.23. The molecule has 0 N–H and O–H groups in total. The van der Waals surface area contributed by atoms with Gasteiger partial charge in [-0.25, -0.2) is 0 Å². The third-order valence-electron chi connectivity index (χ3n) is 3.41. The van der Waals surface area contributed by atoms with Crippen LogP contribution in [0.1, 0.15) is 53.4 Å². The summed E-state index contributed by atoms with van der Waals surface area (Å²) >= 11 is 0. The molecule has 0 unspecified atom stereocenters. The van der Waals surface area contributed by atoms with Crippen molar-refractivity contribution in [1.82, 2.24) is 0 Å². The second-order valence-corrected chi connectivity index (χ2v) is 5.15. The monoisotopic (exact) mass is 198 g/mol. The molecule has 0 aliphatic heterocycles. The van der Waals surface area contributed by atoms with E-state index in [-0.39, 0.29) is 11.6 Å². The zero-order chi connectivity index (χ0) is 10.8. The predicted octanol–water partition coefficient (Wildman–Crippen LogP) is 3.15. The molecular weight excluding hydrogens is 176 g/mol. The van der Waals surface area contributed by atoms with Crippen LogP contribution in [0.25, 0.3) is 0 Å². The standard InChI is InChI=1S/C12H22O2/c1-9-5-7-11(8-6-9)12(3,4)14-10(2)13/h9,11H,5-8H2,1-4H3. The summed E-state index contributed by atoms with van der Waals surface area (Å²) in [4.78, 5) is 10.9. The minimum Gasteiger partial charge on any atom is -0.460 e. The Kier molecular flexibility index (Phi) is 3.57. The van der Waals surface area contributed by atoms with Crippen molar-refractivity contribution in [3.8, 4) is 0 Å². The van der Waals surface area contributed by atoms with Gasteiger partial charge in [-0.3, -0.25) is 4.79 Å². The average molecular weight is 198 g/mol. The second-order valence-electron chi connectivity index (χ2n) is 5.15. The highest BCUT2D eigenvalue weighted by atomic mass is 16.6. The van der Waals surface area contributed by atoms with Crippen molar-refractivity contribution >= 4 is 5.97 Å². The number of rotatable bonds is 2. The van der Waals surface area contributed by atoms with Crippen molar-refractivity contribution in [2.75, 3.05) is 0 Å². The molecule has 0 aromatic heterocycles. The number of carbonyl (C=O) groups excluding carboxylic acids is 1. The Morgan fingerprint density at radius 2 is 1.71 bits per heavy atom. The number of hydrogen-bond donors (Lipinski definition) is 0. The minimum atomic E-state index is -0.272. The lowest BCUT2D eigenvalue weighted by Crippen LogP contribution is -2.38. The molecule has 2 heteroatoms. The van der Waals surface area contributed by atoms with Crippen molar-refractivity contribution < 1.29 is 9.53 Å². The van der Waals surface area contributed by atoms with Crippen LogP contribution in [-0.2, 0) is 9.53 Å². The Morgan fingerprint density at radius 1 is 1.21 bits per heavy atom. The summed E-state index contributed by atoms with van der Waals surface area (Å²) in [6.07, 6.45) is 4.94. The Balaban J connectivity index is 2.50. The van der Waals surface area contributed by atoms with E-state index in [1.54, 1.807) is 0 Å². The van der Waals surface area contributed by atoms with E-state index in [2.05, 4.69) is 6.92 Å². The van der Waals surface area contributed by atoms with Crippen LogP contribution in [0.15, 0.2) is 0 Å². The lowest BCUT2D eigenvalue weighted by molar-refractivity contribution is -0.160. The number of ether oxygens (including phenoxy) is 1. The first-order valence-electron chi connectivity index (χ1n) is 5.61. The maximum absolute atomic E-state index is 10.9. The smallest absolute Gasteiger partial charge is 0.303 e. The highest BCUT2D eigenvalue weighted by molar-refractivity contribution is 5.66. The summed E-state index contributed by atoms with van der Waals surface area (Å²) in [5.41, 5.74) is -0.272. The van der Waals surface area contributed by atoms with E-state index in [0.717, 1.165) is 5.92 Å². The Morgan fingerprint density at radius 3 is 2.14 bits per heavy atom. The molecule has 0 aromatic rings. The van der Waals surface area contributed by atoms with Gasteiger partial charge in [-0.1, -0.05) is 19.8 Å². The van der Waals surface area contributed by atoms with Gasteiger partial charge < -0.3 is 4.74 Å². The topological polar surface area (TPSA) is 26.3 Å². The maximum atomic E-state index is 10.9. The molecule has 0 radical (unpaired) electrons. The zero-order valence-corrected chi connectivity index (χ0v) is 9.80. The van der Waals surface area contributed by atoms with Gasteiger partial charge in [0.15, 0.2) is 0 Å². The van der Waals surface area contributed by atoms with Crippen LogP contribution in [0.2, 0.25) is 0 Å². The highest BCUT2D eigenvalue weighted by Crippen LogP contribution is 2.36. The van der Waals surface area contributed by atoms with E-state index in [4.69, 9.17) is 4.74 Å². The van der Waals surface area contributed by atoms with Crippen LogP contribution < -0.4 is 0 Å². The molecule has 0 amide bonds. The van der Waals surface area contributed by atoms with Gasteiger partial charge in [-0.15, -0.1) is 0 Å². The number of esters is 1. The molecule has 0 atom stereocenters. The molecule has 1 aliphatic rings. The summed E-state index contributed by atoms with van der Waals surface area (Å²) in [5, 5.41) is 0. The first-order valence-corrected chi connectivity index (χ1v) is 5.61. The van der Waals surface area contributed by atoms with Gasteiger partial charge in [0.2, 0.25) is 0 Å². The van der Waals surface area contributed by atoms with Crippen molar-refractivity contribution in [2.24, 2.45) is 11.8 Å². The van der Waals surface area contributed by atoms with E-state index < -0.39 is 0 Å². The summed E-state index contributed by atoms with van der Waals surface area (Å²) < 4.78 is 5.37. The van der Waals surface area contributed by atoms with Gasteiger partial charge >= 0.3 is 5.97 Å². The average Bonchev–Trinajstić information content (AvgIpc) is 2.02. The fraction of sp³-hybridized carbons (Fsp3) is 0.917. The van der Waals surface area contributed by atoms with Crippen molar-refractivity contribution in [3.05, 3.63) is 0 Å². The van der Waals surface area contributed by atoms with Crippen LogP contribution in [-0.4, -0.2) is 11.6 Å². The second kappa shape index (κ2) is 4.33. The summed E-state index contributed by atoms with van der Waals surface area (Å²) in [7, 11) is 0. The van der Waals surface area contributed by atoms with Crippen LogP contribution in [0.3, 0.4) is 0 Å². The molecule has 1 rings (SSSR count). The molecule has 1 fully saturated rings. The molecule has 2 nitrogen and oxygen atoms in total. The van der Waals surface area contributed by atoms with Crippen LogP contribution in [0.4, 0.5) is 0 Å². The zero-order valence-electron chi connectivity index (χ0n) is 9.80. The normalized spacial score (nSPS) is 28.6. The summed E-state index contributed by atoms with van der Waals surface area (Å²) in [6, 6.07) is 0. The van der Waals surface area contributed by atoms with E-state index in [1.807, 2.05) is 13.8 Å². The lowest BCUT2D eigenvalue weighted by atomic mass is 9.75. The fourth-order valence-electron chi connectivity index (χ4n) is 2.41. The van der Waals surface area contributed by atoms with E-state index in [0.29, 0.717) is 5.92 Å². The molecule has 1 aliphatic carbocycles. The molecule has 0 spiro atoms. The van der Waals surface area contributed by atoms with Crippen molar-refractivity contribution in [1.29, 1.82) is 0 Å². The largest absolute Gasteiger partial charge is 0.460 e. The first kappa shape index (κ1) is 11.5. The third-order valence-corrected chi connectivity index (χ3v) is 3.41. The predicted molar refractivity (Wildman–Crippen MR) is 57.0 cm³/mol. The molecule has 82 valence electrons. The van der Waals surface area contributed by atoms with Crippen LogP contribution in [0, 0.1) is 11.8 Å². The Labute approximate surface area is 87.0 Å². The Bertz CT molecular complexity index is 200. The minimum absolute atomic E-state index is 0.159. The van der Waals surface area contributed by atoms with Gasteiger partial charge in [0.25, 0.3) is 0 Å². The van der Waals surface area contributed by atoms with Gasteiger partial charge in [0, 0.05) is 6.92 Å². The lowest BCUT2D eigenvalue weighted by Gasteiger charge is -2.37.